The number of benzene rings is 1. The molecule has 30 heavy (non-hydrogen) atoms. The normalized spacial score (nSPS) is 21.5. The first-order valence-electron chi connectivity index (χ1n) is 10.1. The summed E-state index contributed by atoms with van der Waals surface area (Å²) in [5.74, 6) is 0.0776. The molecule has 1 aromatic rings. The van der Waals surface area contributed by atoms with Gasteiger partial charge in [-0.05, 0) is 68.7 Å². The molecular weight excluding hydrogens is 411 g/mol. The Kier molecular flexibility index (Phi) is 9.56. The average Bonchev–Trinajstić information content (AvgIpc) is 2.54. The summed E-state index contributed by atoms with van der Waals surface area (Å²) in [7, 11) is 0. The number of aliphatic hydroxyl groups excluding tert-OH is 1. The minimum Gasteiger partial charge on any atom is -0.444 e. The lowest BCUT2D eigenvalue weighted by molar-refractivity contribution is -0.135. The third kappa shape index (κ3) is 7.76. The maximum atomic E-state index is 14.4. The number of amides is 2. The van der Waals surface area contributed by atoms with Crippen LogP contribution < -0.4 is 5.73 Å². The van der Waals surface area contributed by atoms with Gasteiger partial charge in [0.2, 0.25) is 5.91 Å². The second kappa shape index (κ2) is 11.0. The van der Waals surface area contributed by atoms with Crippen molar-refractivity contribution in [2.45, 2.75) is 59.5 Å². The first-order valence-corrected chi connectivity index (χ1v) is 10.5. The molecule has 3 N–H and O–H groups in total. The standard InChI is InChI=1S/C17H23ClFNO2.C5H11NO2/c1-10-6-13(18)7-14(19)17(10)16-11(2)8-20(9-12(16)3)15(22)4-5-21;1-5(2,3)8-4(6)7/h6-7,11-12,16,21H,4-5,8-9H2,1-3H3;1-3H3,(H2,6,7)/t11-,12+,16?;. The highest BCUT2D eigenvalue weighted by Crippen LogP contribution is 2.40. The first-order chi connectivity index (χ1) is 13.8. The summed E-state index contributed by atoms with van der Waals surface area (Å²) in [6, 6.07) is 3.16. The van der Waals surface area contributed by atoms with Crippen LogP contribution >= 0.6 is 11.6 Å². The van der Waals surface area contributed by atoms with Gasteiger partial charge < -0.3 is 20.5 Å². The Morgan fingerprint density at radius 3 is 2.17 bits per heavy atom. The van der Waals surface area contributed by atoms with Crippen molar-refractivity contribution in [1.29, 1.82) is 0 Å². The van der Waals surface area contributed by atoms with Crippen LogP contribution in [0.25, 0.3) is 0 Å². The van der Waals surface area contributed by atoms with E-state index >= 15 is 0 Å². The zero-order chi connectivity index (χ0) is 23.2. The van der Waals surface area contributed by atoms with E-state index in [2.05, 4.69) is 4.74 Å². The Morgan fingerprint density at radius 2 is 1.80 bits per heavy atom. The van der Waals surface area contributed by atoms with Crippen molar-refractivity contribution < 1.29 is 23.8 Å². The number of carbonyl (C=O) groups is 2. The maximum absolute atomic E-state index is 14.4. The van der Waals surface area contributed by atoms with Gasteiger partial charge in [0.1, 0.15) is 11.4 Å². The van der Waals surface area contributed by atoms with Gasteiger partial charge in [-0.15, -0.1) is 0 Å². The van der Waals surface area contributed by atoms with E-state index in [0.717, 1.165) is 11.1 Å². The molecule has 3 atom stereocenters. The van der Waals surface area contributed by atoms with Crippen LogP contribution in [0.3, 0.4) is 0 Å². The molecule has 0 aromatic heterocycles. The molecule has 0 spiro atoms. The van der Waals surface area contributed by atoms with E-state index in [-0.39, 0.29) is 42.5 Å². The Bertz CT molecular complexity index is 716. The number of aliphatic hydroxyl groups is 1. The van der Waals surface area contributed by atoms with Crippen molar-refractivity contribution in [2.24, 2.45) is 17.6 Å². The molecule has 170 valence electrons. The molecule has 2 amide bonds. The molecule has 1 saturated heterocycles. The predicted molar refractivity (Wildman–Crippen MR) is 116 cm³/mol. The van der Waals surface area contributed by atoms with Crippen LogP contribution in [-0.2, 0) is 9.53 Å². The van der Waals surface area contributed by atoms with E-state index in [1.54, 1.807) is 31.7 Å². The Morgan fingerprint density at radius 1 is 1.27 bits per heavy atom. The lowest BCUT2D eigenvalue weighted by Gasteiger charge is -2.42. The monoisotopic (exact) mass is 444 g/mol. The molecule has 6 nitrogen and oxygen atoms in total. The van der Waals surface area contributed by atoms with E-state index < -0.39 is 11.7 Å². The highest BCUT2D eigenvalue weighted by Gasteiger charge is 2.36. The molecule has 1 aromatic carbocycles. The fourth-order valence-electron chi connectivity index (χ4n) is 4.02. The number of halogens is 2. The highest BCUT2D eigenvalue weighted by atomic mass is 35.5. The van der Waals surface area contributed by atoms with E-state index in [1.807, 2.05) is 20.8 Å². The quantitative estimate of drug-likeness (QED) is 0.728. The summed E-state index contributed by atoms with van der Waals surface area (Å²) in [6.45, 7) is 12.3. The van der Waals surface area contributed by atoms with Crippen LogP contribution in [0.1, 0.15) is 58.1 Å². The third-order valence-electron chi connectivity index (χ3n) is 4.96. The van der Waals surface area contributed by atoms with Gasteiger partial charge in [-0.3, -0.25) is 4.79 Å². The molecule has 8 heteroatoms. The Hall–Kier alpha value is -1.86. The summed E-state index contributed by atoms with van der Waals surface area (Å²) in [5.41, 5.74) is 5.85. The largest absolute Gasteiger partial charge is 0.444 e. The molecular formula is C22H34ClFN2O4. The number of carbonyl (C=O) groups excluding carboxylic acids is 2. The number of hydrogen-bond donors (Lipinski definition) is 2. The van der Waals surface area contributed by atoms with Crippen molar-refractivity contribution in [2.75, 3.05) is 19.7 Å². The van der Waals surface area contributed by atoms with E-state index in [9.17, 15) is 14.0 Å². The summed E-state index contributed by atoms with van der Waals surface area (Å²) < 4.78 is 19.0. The van der Waals surface area contributed by atoms with Gasteiger partial charge in [-0.25, -0.2) is 9.18 Å². The van der Waals surface area contributed by atoms with Gasteiger partial charge in [-0.1, -0.05) is 25.4 Å². The van der Waals surface area contributed by atoms with Gasteiger partial charge >= 0.3 is 6.09 Å². The SMILES string of the molecule is CC(C)(C)OC(N)=O.Cc1cc(Cl)cc(F)c1C1[C@H](C)CN(C(=O)CCO)C[C@@H]1C. The number of nitrogens with zero attached hydrogens (tertiary/aromatic N) is 1. The van der Waals surface area contributed by atoms with Crippen molar-refractivity contribution >= 4 is 23.6 Å². The van der Waals surface area contributed by atoms with Gasteiger partial charge in [0.15, 0.2) is 0 Å². The minimum atomic E-state index is -0.725. The van der Waals surface area contributed by atoms with Crippen LogP contribution in [0.4, 0.5) is 9.18 Å². The van der Waals surface area contributed by atoms with Gasteiger partial charge in [0.25, 0.3) is 0 Å². The molecule has 1 fully saturated rings. The minimum absolute atomic E-state index is 0.0343. The number of primary amides is 1. The van der Waals surface area contributed by atoms with Crippen molar-refractivity contribution in [3.8, 4) is 0 Å². The molecule has 0 aliphatic carbocycles. The molecule has 0 radical (unpaired) electrons. The molecule has 0 saturated carbocycles. The van der Waals surface area contributed by atoms with Crippen molar-refractivity contribution in [1.82, 2.24) is 4.90 Å². The highest BCUT2D eigenvalue weighted by molar-refractivity contribution is 6.30. The summed E-state index contributed by atoms with van der Waals surface area (Å²) in [5, 5.41) is 9.33. The first kappa shape index (κ1) is 26.2. The number of aryl methyl sites for hydroxylation is 1. The van der Waals surface area contributed by atoms with Gasteiger partial charge in [-0.2, -0.15) is 0 Å². The smallest absolute Gasteiger partial charge is 0.405 e. The lowest BCUT2D eigenvalue weighted by Crippen LogP contribution is -2.46. The Balaban J connectivity index is 0.000000479. The van der Waals surface area contributed by atoms with Crippen LogP contribution in [0.15, 0.2) is 12.1 Å². The van der Waals surface area contributed by atoms with E-state index in [4.69, 9.17) is 22.4 Å². The molecule has 1 aliphatic heterocycles. The van der Waals surface area contributed by atoms with Gasteiger partial charge in [0, 0.05) is 24.5 Å². The maximum Gasteiger partial charge on any atom is 0.405 e. The van der Waals surface area contributed by atoms with Crippen LogP contribution in [0.5, 0.6) is 0 Å². The molecule has 1 aliphatic rings. The second-order valence-corrected chi connectivity index (χ2v) is 9.34. The van der Waals surface area contributed by atoms with Crippen LogP contribution in [-0.4, -0.2) is 47.3 Å². The number of nitrogens with two attached hydrogens (primary N) is 1. The van der Waals surface area contributed by atoms with E-state index in [0.29, 0.717) is 18.1 Å². The molecule has 0 bridgehead atoms. The summed E-state index contributed by atoms with van der Waals surface area (Å²) >= 11 is 5.92. The zero-order valence-corrected chi connectivity index (χ0v) is 19.4. The van der Waals surface area contributed by atoms with Crippen molar-refractivity contribution in [3.63, 3.8) is 0 Å². The predicted octanol–water partition coefficient (Wildman–Crippen LogP) is 4.25. The van der Waals surface area contributed by atoms with Crippen LogP contribution in [0.2, 0.25) is 5.02 Å². The van der Waals surface area contributed by atoms with Crippen LogP contribution in [0, 0.1) is 24.6 Å². The molecule has 1 unspecified atom stereocenters. The van der Waals surface area contributed by atoms with Crippen molar-refractivity contribution in [3.05, 3.63) is 34.1 Å². The molecule has 2 rings (SSSR count). The second-order valence-electron chi connectivity index (χ2n) is 8.90. The van der Waals surface area contributed by atoms with Gasteiger partial charge in [0.05, 0.1) is 6.61 Å². The summed E-state index contributed by atoms with van der Waals surface area (Å²) in [6.07, 6.45) is -0.573. The fraction of sp³-hybridized carbons (Fsp3) is 0.636. The summed E-state index contributed by atoms with van der Waals surface area (Å²) in [4.78, 5) is 23.8. The number of ether oxygens (including phenoxy) is 1. The number of piperidine rings is 1. The topological polar surface area (TPSA) is 92.9 Å². The molecule has 1 heterocycles. The average molecular weight is 445 g/mol. The third-order valence-corrected chi connectivity index (χ3v) is 5.18. The Labute approximate surface area is 183 Å². The lowest BCUT2D eigenvalue weighted by atomic mass is 9.73. The number of rotatable bonds is 3. The zero-order valence-electron chi connectivity index (χ0n) is 18.7. The fourth-order valence-corrected chi connectivity index (χ4v) is 4.28. The number of hydrogen-bond acceptors (Lipinski definition) is 4. The number of likely N-dealkylation sites (tertiary alicyclic amines) is 1. The van der Waals surface area contributed by atoms with E-state index in [1.165, 1.54) is 6.07 Å².